The Morgan fingerprint density at radius 3 is 2.64 bits per heavy atom. The van der Waals surface area contributed by atoms with E-state index in [1.807, 2.05) is 60.5 Å². The summed E-state index contributed by atoms with van der Waals surface area (Å²) in [5.41, 5.74) is 4.77. The van der Waals surface area contributed by atoms with Gasteiger partial charge in [-0.15, -0.1) is 0 Å². The standard InChI is InChI=1S/C26H26Cl2N6O2/c1-15(2)34-26(20(28)13-30-34)21-11-23-32(24(35)7-8-33(23)31-21)14-17-5-6-18(19(27)10-17)25-22(36-4)9-16(3)12-29-25/h5-6,9-13,15H,7-8,14H2,1-4H3. The van der Waals surface area contributed by atoms with Gasteiger partial charge in [0.05, 0.1) is 36.4 Å². The van der Waals surface area contributed by atoms with Crippen LogP contribution >= 0.6 is 23.2 Å². The van der Waals surface area contributed by atoms with E-state index in [9.17, 15) is 4.79 Å². The molecule has 0 atom stereocenters. The maximum Gasteiger partial charge on any atom is 0.230 e. The van der Waals surface area contributed by atoms with Gasteiger partial charge in [-0.25, -0.2) is 4.68 Å². The smallest absolute Gasteiger partial charge is 0.230 e. The molecule has 3 aromatic heterocycles. The number of aryl methyl sites for hydroxylation is 2. The van der Waals surface area contributed by atoms with Gasteiger partial charge in [-0.3, -0.25) is 19.4 Å². The molecule has 0 unspecified atom stereocenters. The second-order valence-corrected chi connectivity index (χ2v) is 9.91. The summed E-state index contributed by atoms with van der Waals surface area (Å²) in [7, 11) is 1.61. The van der Waals surface area contributed by atoms with Crippen molar-refractivity contribution < 1.29 is 9.53 Å². The Balaban J connectivity index is 1.47. The Hall–Kier alpha value is -3.36. The van der Waals surface area contributed by atoms with E-state index in [0.29, 0.717) is 46.7 Å². The summed E-state index contributed by atoms with van der Waals surface area (Å²) >= 11 is 13.1. The molecule has 1 aromatic carbocycles. The summed E-state index contributed by atoms with van der Waals surface area (Å²) in [6, 6.07) is 9.68. The first-order valence-corrected chi connectivity index (χ1v) is 12.4. The summed E-state index contributed by atoms with van der Waals surface area (Å²) in [5, 5.41) is 10.2. The number of carbonyl (C=O) groups is 1. The number of hydrogen-bond donors (Lipinski definition) is 0. The van der Waals surface area contributed by atoms with Gasteiger partial charge < -0.3 is 4.74 Å². The highest BCUT2D eigenvalue weighted by atomic mass is 35.5. The first-order chi connectivity index (χ1) is 17.3. The fraction of sp³-hybridized carbons (Fsp3) is 0.308. The van der Waals surface area contributed by atoms with Crippen molar-refractivity contribution in [2.24, 2.45) is 0 Å². The molecule has 1 amide bonds. The van der Waals surface area contributed by atoms with Gasteiger partial charge in [-0.2, -0.15) is 10.2 Å². The van der Waals surface area contributed by atoms with E-state index in [4.69, 9.17) is 33.0 Å². The number of benzene rings is 1. The van der Waals surface area contributed by atoms with Crippen molar-refractivity contribution in [1.82, 2.24) is 24.5 Å². The van der Waals surface area contributed by atoms with Crippen LogP contribution in [0.1, 0.15) is 37.4 Å². The molecule has 1 aliphatic rings. The molecule has 0 fully saturated rings. The molecule has 4 heterocycles. The zero-order chi connectivity index (χ0) is 25.6. The number of fused-ring (bicyclic) bond motifs is 1. The largest absolute Gasteiger partial charge is 0.494 e. The van der Waals surface area contributed by atoms with E-state index in [-0.39, 0.29) is 11.9 Å². The minimum absolute atomic E-state index is 0.0273. The maximum atomic E-state index is 13.0. The number of rotatable bonds is 6. The van der Waals surface area contributed by atoms with Crippen LogP contribution < -0.4 is 9.64 Å². The van der Waals surface area contributed by atoms with Crippen molar-refractivity contribution in [1.29, 1.82) is 0 Å². The number of amides is 1. The summed E-state index contributed by atoms with van der Waals surface area (Å²) in [4.78, 5) is 19.2. The summed E-state index contributed by atoms with van der Waals surface area (Å²) in [6.45, 7) is 6.90. The van der Waals surface area contributed by atoms with Crippen molar-refractivity contribution in [2.45, 2.75) is 46.3 Å². The zero-order valence-corrected chi connectivity index (χ0v) is 22.0. The first kappa shape index (κ1) is 24.3. The molecule has 0 bridgehead atoms. The number of ether oxygens (including phenoxy) is 1. The number of hydrogen-bond acceptors (Lipinski definition) is 5. The molecule has 0 aliphatic carbocycles. The molecule has 0 radical (unpaired) electrons. The second-order valence-electron chi connectivity index (χ2n) is 9.10. The molecule has 0 saturated heterocycles. The lowest BCUT2D eigenvalue weighted by Crippen LogP contribution is -2.36. The van der Waals surface area contributed by atoms with Crippen molar-refractivity contribution in [3.63, 3.8) is 0 Å². The van der Waals surface area contributed by atoms with Gasteiger partial charge in [-0.1, -0.05) is 35.3 Å². The van der Waals surface area contributed by atoms with Gasteiger partial charge in [0, 0.05) is 30.3 Å². The van der Waals surface area contributed by atoms with Crippen LogP contribution in [-0.4, -0.2) is 37.6 Å². The van der Waals surface area contributed by atoms with Gasteiger partial charge in [0.25, 0.3) is 0 Å². The molecule has 0 spiro atoms. The Morgan fingerprint density at radius 1 is 1.11 bits per heavy atom. The fourth-order valence-electron chi connectivity index (χ4n) is 4.44. The van der Waals surface area contributed by atoms with Crippen molar-refractivity contribution in [3.8, 4) is 28.4 Å². The third-order valence-corrected chi connectivity index (χ3v) is 6.78. The lowest BCUT2D eigenvalue weighted by atomic mass is 10.1. The van der Waals surface area contributed by atoms with Crippen LogP contribution in [0.4, 0.5) is 5.82 Å². The molecule has 1 aliphatic heterocycles. The lowest BCUT2D eigenvalue weighted by Gasteiger charge is -2.27. The SMILES string of the molecule is COc1cc(C)cnc1-c1ccc(CN2C(=O)CCn3nc(-c4c(Cl)cnn4C(C)C)cc32)cc1Cl. The zero-order valence-electron chi connectivity index (χ0n) is 20.5. The van der Waals surface area contributed by atoms with Crippen LogP contribution in [0, 0.1) is 6.92 Å². The number of halogens is 2. The maximum absolute atomic E-state index is 13.0. The van der Waals surface area contributed by atoms with Crippen LogP contribution in [0.3, 0.4) is 0 Å². The highest BCUT2D eigenvalue weighted by Gasteiger charge is 2.28. The first-order valence-electron chi connectivity index (χ1n) is 11.7. The average molecular weight is 525 g/mol. The Bertz CT molecular complexity index is 1460. The van der Waals surface area contributed by atoms with Crippen molar-refractivity contribution in [3.05, 3.63) is 63.9 Å². The van der Waals surface area contributed by atoms with Gasteiger partial charge in [0.15, 0.2) is 0 Å². The van der Waals surface area contributed by atoms with Gasteiger partial charge in [0.2, 0.25) is 5.91 Å². The summed E-state index contributed by atoms with van der Waals surface area (Å²) in [6.07, 6.45) is 3.77. The number of anilines is 1. The molecule has 5 rings (SSSR count). The van der Waals surface area contributed by atoms with E-state index in [1.54, 1.807) is 24.4 Å². The predicted octanol–water partition coefficient (Wildman–Crippen LogP) is 5.95. The van der Waals surface area contributed by atoms with Crippen molar-refractivity contribution >= 4 is 34.9 Å². The average Bonchev–Trinajstić information content (AvgIpc) is 3.44. The number of carbonyl (C=O) groups excluding carboxylic acids is 1. The number of aromatic nitrogens is 5. The van der Waals surface area contributed by atoms with E-state index >= 15 is 0 Å². The molecule has 0 N–H and O–H groups in total. The topological polar surface area (TPSA) is 78.1 Å². The molecule has 0 saturated carbocycles. The quantitative estimate of drug-likeness (QED) is 0.311. The van der Waals surface area contributed by atoms with E-state index in [2.05, 4.69) is 10.1 Å². The Kier molecular flexibility index (Phi) is 6.49. The summed E-state index contributed by atoms with van der Waals surface area (Å²) in [5.74, 6) is 1.40. The molecule has 8 nitrogen and oxygen atoms in total. The Morgan fingerprint density at radius 2 is 1.92 bits per heavy atom. The summed E-state index contributed by atoms with van der Waals surface area (Å²) < 4.78 is 9.20. The van der Waals surface area contributed by atoms with Crippen LogP contribution in [-0.2, 0) is 17.9 Å². The third-order valence-electron chi connectivity index (χ3n) is 6.20. The van der Waals surface area contributed by atoms with Gasteiger partial charge >= 0.3 is 0 Å². The molecule has 186 valence electrons. The number of nitrogens with zero attached hydrogens (tertiary/aromatic N) is 6. The molecule has 4 aromatic rings. The van der Waals surface area contributed by atoms with Crippen molar-refractivity contribution in [2.75, 3.05) is 12.0 Å². The minimum Gasteiger partial charge on any atom is -0.494 e. The fourth-order valence-corrected chi connectivity index (χ4v) is 4.96. The third kappa shape index (κ3) is 4.35. The normalized spacial score (nSPS) is 13.4. The lowest BCUT2D eigenvalue weighted by molar-refractivity contribution is -0.119. The molecular formula is C26H26Cl2N6O2. The van der Waals surface area contributed by atoms with E-state index in [0.717, 1.165) is 28.2 Å². The van der Waals surface area contributed by atoms with Gasteiger partial charge in [0.1, 0.15) is 28.6 Å². The predicted molar refractivity (Wildman–Crippen MR) is 141 cm³/mol. The minimum atomic E-state index is 0.0273. The van der Waals surface area contributed by atoms with Crippen LogP contribution in [0.2, 0.25) is 10.0 Å². The molecular weight excluding hydrogens is 499 g/mol. The van der Waals surface area contributed by atoms with Crippen LogP contribution in [0.5, 0.6) is 5.75 Å². The monoisotopic (exact) mass is 524 g/mol. The molecule has 10 heteroatoms. The number of pyridine rings is 1. The highest BCUT2D eigenvalue weighted by molar-refractivity contribution is 6.33. The number of methoxy groups -OCH3 is 1. The second kappa shape index (κ2) is 9.59. The van der Waals surface area contributed by atoms with Crippen LogP contribution in [0.25, 0.3) is 22.6 Å². The molecule has 36 heavy (non-hydrogen) atoms. The highest BCUT2D eigenvalue weighted by Crippen LogP contribution is 2.36. The van der Waals surface area contributed by atoms with Crippen LogP contribution in [0.15, 0.2) is 42.7 Å². The van der Waals surface area contributed by atoms with Gasteiger partial charge in [-0.05, 0) is 44.0 Å². The Labute approximate surface area is 219 Å². The van der Waals surface area contributed by atoms with E-state index < -0.39 is 0 Å². The van der Waals surface area contributed by atoms with E-state index in [1.165, 1.54) is 0 Å².